The van der Waals surface area contributed by atoms with Crippen molar-refractivity contribution in [1.29, 1.82) is 0 Å². The molecular weight excluding hydrogens is 905 g/mol. The van der Waals surface area contributed by atoms with E-state index in [1.807, 2.05) is 55.4 Å². The lowest BCUT2D eigenvalue weighted by atomic mass is 9.93. The number of thioether (sulfide) groups is 1. The van der Waals surface area contributed by atoms with E-state index >= 15 is 4.39 Å². The first-order valence-corrected chi connectivity index (χ1v) is 24.7. The molecule has 15 nitrogen and oxygen atoms in total. The van der Waals surface area contributed by atoms with Crippen LogP contribution in [0.25, 0.3) is 10.4 Å². The maximum atomic E-state index is 15.0. The van der Waals surface area contributed by atoms with Gasteiger partial charge in [0.15, 0.2) is 5.67 Å². The fourth-order valence-corrected chi connectivity index (χ4v) is 10.4. The van der Waals surface area contributed by atoms with E-state index in [1.54, 1.807) is 48.6 Å². The highest BCUT2D eigenvalue weighted by Crippen LogP contribution is 2.41. The van der Waals surface area contributed by atoms with E-state index in [0.717, 1.165) is 41.0 Å². The molecule has 354 valence electrons. The number of aromatic nitrogens is 3. The van der Waals surface area contributed by atoms with Crippen LogP contribution in [-0.4, -0.2) is 124 Å². The smallest absolute Gasteiger partial charge is 0.258 e. The van der Waals surface area contributed by atoms with Crippen LogP contribution in [0.15, 0.2) is 54.2 Å². The van der Waals surface area contributed by atoms with Crippen molar-refractivity contribution in [2.45, 2.75) is 94.8 Å². The molecule has 0 radical (unpaired) electrons. The molecule has 3 aliphatic rings. The number of methoxy groups -OCH3 is 1. The first kappa shape index (κ1) is 48.9. The molecule has 19 heteroatoms. The van der Waals surface area contributed by atoms with Crippen molar-refractivity contribution in [2.75, 3.05) is 63.4 Å². The van der Waals surface area contributed by atoms with E-state index in [1.165, 1.54) is 18.0 Å². The van der Waals surface area contributed by atoms with Crippen LogP contribution in [0.1, 0.15) is 80.4 Å². The zero-order valence-corrected chi connectivity index (χ0v) is 40.5. The number of carbonyl (C=O) groups is 4. The van der Waals surface area contributed by atoms with Gasteiger partial charge in [-0.2, -0.15) is 16.7 Å². The van der Waals surface area contributed by atoms with Gasteiger partial charge >= 0.3 is 0 Å². The van der Waals surface area contributed by atoms with Gasteiger partial charge in [0.25, 0.3) is 11.8 Å². The molecule has 4 aromatic rings. The van der Waals surface area contributed by atoms with Gasteiger partial charge in [0.05, 0.1) is 41.7 Å². The highest BCUT2D eigenvalue weighted by Gasteiger charge is 2.53. The van der Waals surface area contributed by atoms with Crippen LogP contribution in [0.2, 0.25) is 5.02 Å². The number of nitrogens with zero attached hydrogens (tertiary/aromatic N) is 5. The standard InChI is InChI=1S/C47H59ClFN9O6S2/c1-29-38(65-28-53-29)32-10-8-31(9-11-32)26-51-41(59)36-7-6-19-58(36)43(61)39(55-44(62)47(49)17-18-47)46(2,3)66-24-23-64-22-16-30-14-20-57(21-15-30)42(60)33-12-13-35(37(25-33)63-5)54-45-52-27-34(48)40(50-4)56-45/h8-13,25,27-28,30,36,39H,6-7,14-24,26H2,1-5H3,(H,51,59)(H,55,62)(H2,50,52,54,56)/t36-,39+/m0/s1. The fourth-order valence-electron chi connectivity index (χ4n) is 8.32. The summed E-state index contributed by atoms with van der Waals surface area (Å²) in [4.78, 5) is 72.0. The quantitative estimate of drug-likeness (QED) is 0.0646. The molecule has 66 heavy (non-hydrogen) atoms. The van der Waals surface area contributed by atoms with Gasteiger partial charge in [0.1, 0.15) is 28.7 Å². The lowest BCUT2D eigenvalue weighted by Crippen LogP contribution is -2.61. The molecule has 2 atom stereocenters. The largest absolute Gasteiger partial charge is 0.495 e. The Balaban J connectivity index is 0.856. The van der Waals surface area contributed by atoms with Crippen LogP contribution in [0, 0.1) is 12.8 Å². The normalized spacial score (nSPS) is 17.5. The maximum Gasteiger partial charge on any atom is 0.258 e. The van der Waals surface area contributed by atoms with Crippen LogP contribution in [0.5, 0.6) is 5.75 Å². The van der Waals surface area contributed by atoms with Gasteiger partial charge in [-0.15, -0.1) is 11.3 Å². The number of aryl methyl sites for hydroxylation is 1. The second-order valence-electron chi connectivity index (χ2n) is 17.5. The van der Waals surface area contributed by atoms with E-state index in [4.69, 9.17) is 21.1 Å². The number of amides is 4. The average molecular weight is 965 g/mol. The van der Waals surface area contributed by atoms with E-state index < -0.39 is 34.3 Å². The predicted octanol–water partition coefficient (Wildman–Crippen LogP) is 7.42. The number of ether oxygens (including phenoxy) is 2. The molecule has 2 aromatic carbocycles. The summed E-state index contributed by atoms with van der Waals surface area (Å²) in [5, 5.41) is 12.2. The molecule has 2 aromatic heterocycles. The molecule has 3 fully saturated rings. The average Bonchev–Trinajstić information content (AvgIpc) is 3.65. The summed E-state index contributed by atoms with van der Waals surface area (Å²) in [7, 11) is 3.26. The van der Waals surface area contributed by atoms with E-state index in [-0.39, 0.29) is 24.7 Å². The summed E-state index contributed by atoms with van der Waals surface area (Å²) in [5.74, 6) is 0.729. The maximum absolute atomic E-state index is 15.0. The van der Waals surface area contributed by atoms with Crippen molar-refractivity contribution < 1.29 is 33.0 Å². The molecule has 1 aliphatic carbocycles. The Kier molecular flexibility index (Phi) is 16.1. The SMILES string of the molecule is CNc1nc(Nc2ccc(C(=O)N3CCC(CCOCCSC(C)(C)[C@H](NC(=O)C4(F)CC4)C(=O)N4CCC[C@H]4C(=O)NCc4ccc(-c5scnc5C)cc4)CC3)cc2OC)ncc1Cl. The third kappa shape index (κ3) is 11.9. The molecule has 4 heterocycles. The zero-order chi connectivity index (χ0) is 47.0. The number of likely N-dealkylation sites (tertiary alicyclic amines) is 2. The molecule has 4 N–H and O–H groups in total. The number of nitrogens with one attached hydrogen (secondary N) is 4. The van der Waals surface area contributed by atoms with Crippen molar-refractivity contribution in [3.8, 4) is 16.2 Å². The summed E-state index contributed by atoms with van der Waals surface area (Å²) < 4.78 is 25.8. The van der Waals surface area contributed by atoms with Gasteiger partial charge in [0.2, 0.25) is 17.8 Å². The van der Waals surface area contributed by atoms with E-state index in [0.29, 0.717) is 97.7 Å². The Hall–Kier alpha value is -5.04. The van der Waals surface area contributed by atoms with Crippen molar-refractivity contribution in [3.05, 3.63) is 76.0 Å². The fraction of sp³-hybridized carbons (Fsp3) is 0.511. The van der Waals surface area contributed by atoms with Crippen molar-refractivity contribution in [1.82, 2.24) is 35.4 Å². The number of piperidine rings is 1. The topological polar surface area (TPSA) is 180 Å². The zero-order valence-electron chi connectivity index (χ0n) is 38.1. The molecule has 0 bridgehead atoms. The van der Waals surface area contributed by atoms with Crippen LogP contribution in [-0.2, 0) is 25.7 Å². The summed E-state index contributed by atoms with van der Waals surface area (Å²) in [6.07, 6.45) is 5.43. The number of thiazole rings is 1. The highest BCUT2D eigenvalue weighted by molar-refractivity contribution is 8.00. The number of hydrogen-bond donors (Lipinski definition) is 4. The Morgan fingerprint density at radius 2 is 1.80 bits per heavy atom. The molecule has 2 saturated heterocycles. The lowest BCUT2D eigenvalue weighted by molar-refractivity contribution is -0.143. The molecule has 0 unspecified atom stereocenters. The summed E-state index contributed by atoms with van der Waals surface area (Å²) in [6, 6.07) is 11.5. The number of anilines is 3. The van der Waals surface area contributed by atoms with Crippen molar-refractivity contribution in [3.63, 3.8) is 0 Å². The Morgan fingerprint density at radius 1 is 1.05 bits per heavy atom. The molecule has 7 rings (SSSR count). The van der Waals surface area contributed by atoms with Gasteiger partial charge in [-0.05, 0) is 101 Å². The first-order valence-electron chi connectivity index (χ1n) is 22.4. The number of benzene rings is 2. The number of alkyl halides is 1. The summed E-state index contributed by atoms with van der Waals surface area (Å²) in [5.41, 5.74) is 3.95. The minimum absolute atomic E-state index is 0.0648. The van der Waals surface area contributed by atoms with Crippen molar-refractivity contribution in [2.24, 2.45) is 5.92 Å². The van der Waals surface area contributed by atoms with Crippen LogP contribution < -0.4 is 26.0 Å². The third-order valence-electron chi connectivity index (χ3n) is 12.5. The van der Waals surface area contributed by atoms with Gasteiger partial charge in [-0.25, -0.2) is 14.4 Å². The van der Waals surface area contributed by atoms with Gasteiger partial charge in [-0.3, -0.25) is 19.2 Å². The first-order chi connectivity index (χ1) is 31.7. The molecular formula is C47H59ClFN9O6S2. The number of halogens is 2. The van der Waals surface area contributed by atoms with Crippen LogP contribution in [0.3, 0.4) is 0 Å². The monoisotopic (exact) mass is 963 g/mol. The Bertz CT molecular complexity index is 2360. The molecule has 4 amide bonds. The number of rotatable bonds is 20. The number of carbonyl (C=O) groups excluding carboxylic acids is 4. The second-order valence-corrected chi connectivity index (χ2v) is 20.5. The van der Waals surface area contributed by atoms with Crippen LogP contribution >= 0.6 is 34.7 Å². The van der Waals surface area contributed by atoms with Crippen LogP contribution in [0.4, 0.5) is 21.8 Å². The number of hydrogen-bond acceptors (Lipinski definition) is 13. The molecule has 1 saturated carbocycles. The van der Waals surface area contributed by atoms with Crippen molar-refractivity contribution >= 4 is 75.8 Å². The second kappa shape index (κ2) is 21.7. The highest BCUT2D eigenvalue weighted by atomic mass is 35.5. The van der Waals surface area contributed by atoms with Gasteiger partial charge in [0, 0.05) is 55.9 Å². The third-order valence-corrected chi connectivity index (χ3v) is 15.1. The van der Waals surface area contributed by atoms with E-state index in [9.17, 15) is 19.2 Å². The predicted molar refractivity (Wildman–Crippen MR) is 257 cm³/mol. The Labute approximate surface area is 398 Å². The van der Waals surface area contributed by atoms with E-state index in [2.05, 4.69) is 36.2 Å². The summed E-state index contributed by atoms with van der Waals surface area (Å²) >= 11 is 9.18. The lowest BCUT2D eigenvalue weighted by Gasteiger charge is -2.37. The summed E-state index contributed by atoms with van der Waals surface area (Å²) in [6.45, 7) is 8.60. The van der Waals surface area contributed by atoms with Gasteiger partial charge < -0.3 is 40.5 Å². The van der Waals surface area contributed by atoms with Gasteiger partial charge in [-0.1, -0.05) is 35.9 Å². The minimum Gasteiger partial charge on any atom is -0.495 e. The minimum atomic E-state index is -1.97. The Morgan fingerprint density at radius 3 is 2.48 bits per heavy atom. The molecule has 0 spiro atoms. The molecule has 2 aliphatic heterocycles.